The molecule has 1 aliphatic rings. The molecule has 8 heteroatoms. The first-order valence-corrected chi connectivity index (χ1v) is 11.8. The van der Waals surface area contributed by atoms with Gasteiger partial charge in [0.1, 0.15) is 0 Å². The Labute approximate surface area is 207 Å². The van der Waals surface area contributed by atoms with Crippen LogP contribution in [0.1, 0.15) is 18.1 Å². The number of amides is 3. The molecule has 35 heavy (non-hydrogen) atoms. The summed E-state index contributed by atoms with van der Waals surface area (Å²) in [6.45, 7) is 1.88. The molecule has 0 aliphatic carbocycles. The number of ether oxygens (including phenoxy) is 2. The second-order valence-corrected chi connectivity index (χ2v) is 8.64. The molecule has 0 bridgehead atoms. The zero-order chi connectivity index (χ0) is 24.8. The number of methoxy groups -OCH3 is 1. The molecular formula is C27H24N2O5S. The third-order valence-electron chi connectivity index (χ3n) is 5.30. The zero-order valence-corrected chi connectivity index (χ0v) is 20.1. The molecule has 0 saturated carbocycles. The van der Waals surface area contributed by atoms with Gasteiger partial charge in [-0.2, -0.15) is 0 Å². The predicted molar refractivity (Wildman–Crippen MR) is 138 cm³/mol. The lowest BCUT2D eigenvalue weighted by Gasteiger charge is -2.12. The highest BCUT2D eigenvalue weighted by molar-refractivity contribution is 8.19. The number of nitrogens with one attached hydrogen (secondary N) is 1. The van der Waals surface area contributed by atoms with Gasteiger partial charge in [0.2, 0.25) is 0 Å². The summed E-state index contributed by atoms with van der Waals surface area (Å²) in [5.74, 6) is 0.115. The molecule has 1 fully saturated rings. The van der Waals surface area contributed by atoms with E-state index in [4.69, 9.17) is 9.47 Å². The van der Waals surface area contributed by atoms with Gasteiger partial charge < -0.3 is 14.8 Å². The van der Waals surface area contributed by atoms with Crippen LogP contribution in [0.3, 0.4) is 0 Å². The van der Waals surface area contributed by atoms with Crippen molar-refractivity contribution in [3.05, 3.63) is 88.8 Å². The van der Waals surface area contributed by atoms with Crippen molar-refractivity contribution in [3.8, 4) is 11.5 Å². The van der Waals surface area contributed by atoms with E-state index in [0.717, 1.165) is 23.1 Å². The van der Waals surface area contributed by atoms with Gasteiger partial charge in [-0.25, -0.2) is 4.90 Å². The Balaban J connectivity index is 1.42. The number of nitrogens with zero attached hydrogens (tertiary/aromatic N) is 1. The average molecular weight is 489 g/mol. The largest absolute Gasteiger partial charge is 0.493 e. The molecule has 0 spiro atoms. The van der Waals surface area contributed by atoms with Crippen molar-refractivity contribution in [2.45, 2.75) is 13.3 Å². The smallest absolute Gasteiger partial charge is 0.298 e. The van der Waals surface area contributed by atoms with Crippen molar-refractivity contribution < 1.29 is 23.9 Å². The molecule has 1 aliphatic heterocycles. The van der Waals surface area contributed by atoms with Gasteiger partial charge in [-0.3, -0.25) is 14.4 Å². The maximum absolute atomic E-state index is 12.8. The minimum Gasteiger partial charge on any atom is -0.493 e. The van der Waals surface area contributed by atoms with Gasteiger partial charge >= 0.3 is 0 Å². The molecule has 4 rings (SSSR count). The molecule has 3 amide bonds. The number of hydrogen-bond donors (Lipinski definition) is 1. The highest BCUT2D eigenvalue weighted by atomic mass is 32.2. The number of carbonyl (C=O) groups is 3. The van der Waals surface area contributed by atoms with E-state index >= 15 is 0 Å². The Kier molecular flexibility index (Phi) is 7.52. The van der Waals surface area contributed by atoms with Crippen LogP contribution in [-0.4, -0.2) is 30.8 Å². The van der Waals surface area contributed by atoms with E-state index < -0.39 is 0 Å². The summed E-state index contributed by atoms with van der Waals surface area (Å²) in [6, 6.07) is 21.5. The van der Waals surface area contributed by atoms with Gasteiger partial charge in [0, 0.05) is 5.69 Å². The van der Waals surface area contributed by atoms with Gasteiger partial charge in [-0.15, -0.1) is 0 Å². The van der Waals surface area contributed by atoms with Crippen molar-refractivity contribution in [2.24, 2.45) is 0 Å². The molecule has 0 unspecified atom stereocenters. The fourth-order valence-electron chi connectivity index (χ4n) is 3.48. The summed E-state index contributed by atoms with van der Waals surface area (Å²) in [6.07, 6.45) is 2.56. The molecule has 0 atom stereocenters. The van der Waals surface area contributed by atoms with Crippen molar-refractivity contribution in [1.29, 1.82) is 0 Å². The second-order valence-electron chi connectivity index (χ2n) is 7.65. The number of benzene rings is 3. The Morgan fingerprint density at radius 2 is 1.74 bits per heavy atom. The summed E-state index contributed by atoms with van der Waals surface area (Å²) in [4.78, 5) is 39.0. The number of hydrogen-bond acceptors (Lipinski definition) is 6. The van der Waals surface area contributed by atoms with E-state index in [-0.39, 0.29) is 23.7 Å². The van der Waals surface area contributed by atoms with E-state index in [1.165, 1.54) is 12.7 Å². The standard InChI is InChI=1S/C27H24N2O5S/c1-3-18-9-12-20(13-10-18)28-25(30)17-34-22-14-11-19(15-23(22)33-2)16-24-26(31)29(27(32)35-24)21-7-5-4-6-8-21/h4-16H,3,17H2,1-2H3,(H,28,30)/b24-16+. The summed E-state index contributed by atoms with van der Waals surface area (Å²) >= 11 is 0.880. The minimum atomic E-state index is -0.380. The topological polar surface area (TPSA) is 84.9 Å². The second kappa shape index (κ2) is 10.9. The van der Waals surface area contributed by atoms with Crippen LogP contribution >= 0.6 is 11.8 Å². The molecule has 1 N–H and O–H groups in total. The highest BCUT2D eigenvalue weighted by Crippen LogP contribution is 2.37. The molecule has 1 heterocycles. The van der Waals surface area contributed by atoms with Crippen molar-refractivity contribution in [2.75, 3.05) is 23.9 Å². The number of thioether (sulfide) groups is 1. The number of rotatable bonds is 8. The van der Waals surface area contributed by atoms with Crippen LogP contribution in [0.5, 0.6) is 11.5 Å². The first kappa shape index (κ1) is 24.1. The van der Waals surface area contributed by atoms with Crippen LogP contribution < -0.4 is 19.7 Å². The minimum absolute atomic E-state index is 0.193. The summed E-state index contributed by atoms with van der Waals surface area (Å²) in [7, 11) is 1.49. The van der Waals surface area contributed by atoms with Crippen LogP contribution in [0, 0.1) is 0 Å². The maximum Gasteiger partial charge on any atom is 0.298 e. The van der Waals surface area contributed by atoms with E-state index in [1.54, 1.807) is 48.5 Å². The summed E-state index contributed by atoms with van der Waals surface area (Å²) in [5, 5.41) is 2.44. The first-order chi connectivity index (χ1) is 17.0. The van der Waals surface area contributed by atoms with E-state index in [0.29, 0.717) is 33.3 Å². The van der Waals surface area contributed by atoms with Gasteiger partial charge in [-0.1, -0.05) is 43.3 Å². The fraction of sp³-hybridized carbons (Fsp3) is 0.148. The van der Waals surface area contributed by atoms with Gasteiger partial charge in [0.25, 0.3) is 17.1 Å². The Morgan fingerprint density at radius 1 is 1.00 bits per heavy atom. The van der Waals surface area contributed by atoms with Gasteiger partial charge in [0.05, 0.1) is 17.7 Å². The maximum atomic E-state index is 12.8. The highest BCUT2D eigenvalue weighted by Gasteiger charge is 2.36. The van der Waals surface area contributed by atoms with E-state index in [2.05, 4.69) is 12.2 Å². The number of carbonyl (C=O) groups excluding carboxylic acids is 3. The predicted octanol–water partition coefficient (Wildman–Crippen LogP) is 5.52. The zero-order valence-electron chi connectivity index (χ0n) is 19.3. The molecule has 7 nitrogen and oxygen atoms in total. The Bertz CT molecular complexity index is 1270. The number of aryl methyl sites for hydroxylation is 1. The Hall–Kier alpha value is -4.04. The quantitative estimate of drug-likeness (QED) is 0.421. The first-order valence-electron chi connectivity index (χ1n) is 11.0. The SMILES string of the molecule is CCc1ccc(NC(=O)COc2ccc(/C=C3/SC(=O)N(c4ccccc4)C3=O)cc2OC)cc1. The summed E-state index contributed by atoms with van der Waals surface area (Å²) in [5.41, 5.74) is 3.07. The van der Waals surface area contributed by atoms with Gasteiger partial charge in [0.15, 0.2) is 18.1 Å². The van der Waals surface area contributed by atoms with E-state index in [1.807, 2.05) is 30.3 Å². The van der Waals surface area contributed by atoms with Crippen LogP contribution in [0.4, 0.5) is 16.2 Å². The molecule has 0 radical (unpaired) electrons. The molecule has 0 aromatic heterocycles. The monoisotopic (exact) mass is 488 g/mol. The van der Waals surface area contributed by atoms with Crippen LogP contribution in [0.15, 0.2) is 77.7 Å². The normalized spacial score (nSPS) is 14.3. The third kappa shape index (κ3) is 5.73. The third-order valence-corrected chi connectivity index (χ3v) is 6.17. The molecule has 3 aromatic rings. The molecular weight excluding hydrogens is 464 g/mol. The van der Waals surface area contributed by atoms with E-state index in [9.17, 15) is 14.4 Å². The van der Waals surface area contributed by atoms with Crippen molar-refractivity contribution >= 4 is 46.3 Å². The van der Waals surface area contributed by atoms with Crippen molar-refractivity contribution in [3.63, 3.8) is 0 Å². The summed E-state index contributed by atoms with van der Waals surface area (Å²) < 4.78 is 11.1. The molecule has 3 aromatic carbocycles. The lowest BCUT2D eigenvalue weighted by Crippen LogP contribution is -2.27. The number of imide groups is 1. The van der Waals surface area contributed by atoms with Crippen LogP contribution in [0.2, 0.25) is 0 Å². The van der Waals surface area contributed by atoms with Crippen LogP contribution in [-0.2, 0) is 16.0 Å². The van der Waals surface area contributed by atoms with Crippen molar-refractivity contribution in [1.82, 2.24) is 0 Å². The lowest BCUT2D eigenvalue weighted by molar-refractivity contribution is -0.118. The average Bonchev–Trinajstić information content (AvgIpc) is 3.16. The lowest BCUT2D eigenvalue weighted by atomic mass is 10.1. The Morgan fingerprint density at radius 3 is 2.43 bits per heavy atom. The fourth-order valence-corrected chi connectivity index (χ4v) is 4.32. The molecule has 1 saturated heterocycles. The molecule has 178 valence electrons. The van der Waals surface area contributed by atoms with Gasteiger partial charge in [-0.05, 0) is 71.8 Å². The number of para-hydroxylation sites is 1. The number of anilines is 2. The van der Waals surface area contributed by atoms with Crippen LogP contribution in [0.25, 0.3) is 6.08 Å².